The van der Waals surface area contributed by atoms with Crippen LogP contribution in [-0.2, 0) is 0 Å². The van der Waals surface area contributed by atoms with Gasteiger partial charge in [-0.2, -0.15) is 0 Å². The molecule has 0 saturated heterocycles. The van der Waals surface area contributed by atoms with Crippen molar-refractivity contribution in [3.8, 4) is 0 Å². The Labute approximate surface area is 171 Å². The van der Waals surface area contributed by atoms with E-state index in [1.54, 1.807) is 0 Å². The van der Waals surface area contributed by atoms with E-state index in [1.165, 1.54) is 0 Å². The molecular formula is C23H92. The van der Waals surface area contributed by atoms with Gasteiger partial charge in [0, 0.05) is 0 Å². The van der Waals surface area contributed by atoms with Crippen LogP contribution in [-0.4, -0.2) is 0 Å². The molecule has 184 valence electrons. The molecule has 0 unspecified atom stereocenters. The Hall–Kier alpha value is 0. The Bertz CT molecular complexity index is 0. The van der Waals surface area contributed by atoms with Crippen LogP contribution in [0.5, 0.6) is 0 Å². The largest absolute Gasteiger partial charge is 0.0776 e. The highest BCUT2D eigenvalue weighted by Crippen LogP contribution is 0.166. The molecule has 0 spiro atoms. The second kappa shape index (κ2) is 0. The van der Waals surface area contributed by atoms with E-state index in [9.17, 15) is 0 Å². The van der Waals surface area contributed by atoms with E-state index in [0.29, 0.717) is 0 Å². The standard InChI is InChI=1S/23CH4/h23*1H4. The van der Waals surface area contributed by atoms with Crippen LogP contribution in [0.1, 0.15) is 171 Å². The quantitative estimate of drug-likeness (QED) is 0.398. The minimum atomic E-state index is 0. The summed E-state index contributed by atoms with van der Waals surface area (Å²) in [6.45, 7) is 0. The molecule has 0 nitrogen and oxygen atoms in total. The van der Waals surface area contributed by atoms with Crippen LogP contribution < -0.4 is 0 Å². The van der Waals surface area contributed by atoms with Gasteiger partial charge in [0.1, 0.15) is 0 Å². The van der Waals surface area contributed by atoms with Gasteiger partial charge in [-0.05, 0) is 0 Å². The van der Waals surface area contributed by atoms with E-state index in [0.717, 1.165) is 0 Å². The van der Waals surface area contributed by atoms with Crippen LogP contribution in [0, 0.1) is 0 Å². The Morgan fingerprint density at radius 2 is 0.0435 bits per heavy atom. The van der Waals surface area contributed by atoms with Crippen molar-refractivity contribution >= 4 is 0 Å². The number of hydrogen-bond donors (Lipinski definition) is 0. The zero-order chi connectivity index (χ0) is 0. The summed E-state index contributed by atoms with van der Waals surface area (Å²) in [5, 5.41) is 0. The van der Waals surface area contributed by atoms with E-state index >= 15 is 0 Å². The number of rotatable bonds is 0. The maximum Gasteiger partial charge on any atom is -0.0776 e. The average molecular weight is 369 g/mol. The number of hydrogen-bond acceptors (Lipinski definition) is 0. The van der Waals surface area contributed by atoms with Crippen molar-refractivity contribution in [2.75, 3.05) is 0 Å². The summed E-state index contributed by atoms with van der Waals surface area (Å²) in [4.78, 5) is 0. The topological polar surface area (TPSA) is 0 Å². The SMILES string of the molecule is C.C.C.C.C.C.C.C.C.C.C.C.C.C.C.C.C.C.C.C.C.C.C. The zero-order valence-corrected chi connectivity index (χ0v) is 0. The molecular weight excluding hydrogens is 276 g/mol. The first-order valence-electron chi connectivity index (χ1n) is 0. The fraction of sp³-hybridized carbons (Fsp3) is 1.00. The molecule has 0 N–H and O–H groups in total. The van der Waals surface area contributed by atoms with Gasteiger partial charge in [-0.15, -0.1) is 0 Å². The highest BCUT2D eigenvalue weighted by molar-refractivity contribution is 2.52. The summed E-state index contributed by atoms with van der Waals surface area (Å²) < 4.78 is 0. The molecule has 0 aromatic carbocycles. The molecule has 0 heteroatoms. The van der Waals surface area contributed by atoms with Crippen molar-refractivity contribution in [1.82, 2.24) is 0 Å². The maximum absolute atomic E-state index is 0. The van der Waals surface area contributed by atoms with Crippen molar-refractivity contribution < 1.29 is 0 Å². The van der Waals surface area contributed by atoms with Gasteiger partial charge in [0.15, 0.2) is 0 Å². The third kappa shape index (κ3) is 0. The van der Waals surface area contributed by atoms with E-state index in [1.807, 2.05) is 0 Å². The van der Waals surface area contributed by atoms with Crippen molar-refractivity contribution in [2.45, 2.75) is 171 Å². The predicted octanol–water partition coefficient (Wildman–Crippen LogP) is 14.6. The summed E-state index contributed by atoms with van der Waals surface area (Å²) in [6, 6.07) is 0. The lowest BCUT2D eigenvalue weighted by atomic mass is 12.0. The summed E-state index contributed by atoms with van der Waals surface area (Å²) in [6.07, 6.45) is 0. The Kier molecular flexibility index (Phi) is 0. The second-order valence-electron chi connectivity index (χ2n) is 0. The summed E-state index contributed by atoms with van der Waals surface area (Å²) in [5.41, 5.74) is 0. The van der Waals surface area contributed by atoms with Gasteiger partial charge in [-0.3, -0.25) is 0 Å². The van der Waals surface area contributed by atoms with Gasteiger partial charge >= 0.3 is 0 Å². The van der Waals surface area contributed by atoms with Crippen LogP contribution in [0.4, 0.5) is 0 Å². The minimum Gasteiger partial charge on any atom is -0.0776 e. The fourth-order valence-corrected chi connectivity index (χ4v) is 0. The molecule has 0 atom stereocenters. The first kappa shape index (κ1) is 0. The molecule has 0 rings (SSSR count). The van der Waals surface area contributed by atoms with Crippen LogP contribution in [0.2, 0.25) is 0 Å². The van der Waals surface area contributed by atoms with Gasteiger partial charge in [-0.1, -0.05) is 171 Å². The zero-order valence-electron chi connectivity index (χ0n) is 0. The normalized spacial score (nSPS) is 0. The molecule has 0 bridgehead atoms. The Balaban J connectivity index is 0. The Morgan fingerprint density at radius 1 is 0.0435 bits per heavy atom. The maximum atomic E-state index is 0. The van der Waals surface area contributed by atoms with Crippen LogP contribution in [0.3, 0.4) is 0 Å². The summed E-state index contributed by atoms with van der Waals surface area (Å²) >= 11 is 0. The van der Waals surface area contributed by atoms with E-state index in [-0.39, 0.29) is 171 Å². The monoisotopic (exact) mass is 369 g/mol. The lowest BCUT2D eigenvalue weighted by Gasteiger charge is -0.0786. The van der Waals surface area contributed by atoms with Gasteiger partial charge in [0.2, 0.25) is 0 Å². The molecule has 0 fully saturated rings. The molecule has 23 heavy (non-hydrogen) atoms. The molecule has 0 amide bonds. The van der Waals surface area contributed by atoms with Crippen LogP contribution in [0.25, 0.3) is 0 Å². The van der Waals surface area contributed by atoms with Crippen LogP contribution >= 0.6 is 0 Å². The fourth-order valence-electron chi connectivity index (χ4n) is 0. The first-order valence-corrected chi connectivity index (χ1v) is 0. The van der Waals surface area contributed by atoms with Crippen LogP contribution in [0.15, 0.2) is 0 Å². The van der Waals surface area contributed by atoms with Gasteiger partial charge in [0.25, 0.3) is 0 Å². The molecule has 0 saturated carbocycles. The van der Waals surface area contributed by atoms with E-state index in [4.69, 9.17) is 0 Å². The van der Waals surface area contributed by atoms with Crippen molar-refractivity contribution in [2.24, 2.45) is 0 Å². The van der Waals surface area contributed by atoms with Crippen molar-refractivity contribution in [1.29, 1.82) is 0 Å². The Morgan fingerprint density at radius 3 is 0.0435 bits per heavy atom. The van der Waals surface area contributed by atoms with Gasteiger partial charge in [0.05, 0.1) is 0 Å². The minimum absolute atomic E-state index is 0. The lowest BCUT2D eigenvalue weighted by molar-refractivity contribution is 2.50. The molecule has 0 aromatic heterocycles. The molecule has 0 aromatic rings. The summed E-state index contributed by atoms with van der Waals surface area (Å²) in [7, 11) is 0. The van der Waals surface area contributed by atoms with Gasteiger partial charge in [-0.25, -0.2) is 0 Å². The highest BCUT2D eigenvalue weighted by Gasteiger charge is -0.0556. The van der Waals surface area contributed by atoms with Crippen molar-refractivity contribution in [3.05, 3.63) is 0 Å². The molecule has 0 aliphatic heterocycles. The van der Waals surface area contributed by atoms with Gasteiger partial charge < -0.3 is 0 Å². The predicted molar refractivity (Wildman–Crippen MR) is 155 cm³/mol. The molecule has 0 radical (unpaired) electrons. The molecule has 0 aliphatic rings. The third-order valence-corrected chi connectivity index (χ3v) is 0. The molecule has 0 heterocycles. The third-order valence-electron chi connectivity index (χ3n) is 0. The van der Waals surface area contributed by atoms with Crippen molar-refractivity contribution in [3.63, 3.8) is 0 Å². The average Bonchev–Trinajstić information content (AvgIpc) is 0. The smallest absolute Gasteiger partial charge is 0.0776 e. The van der Waals surface area contributed by atoms with E-state index in [2.05, 4.69) is 0 Å². The van der Waals surface area contributed by atoms with E-state index < -0.39 is 0 Å². The summed E-state index contributed by atoms with van der Waals surface area (Å²) in [5.74, 6) is 0. The molecule has 0 aliphatic carbocycles. The lowest BCUT2D eigenvalue weighted by Crippen LogP contribution is 0.143. The first-order chi connectivity index (χ1) is 0. The highest BCUT2D eigenvalue weighted by atomic mass is 12.0. The second-order valence-corrected chi connectivity index (χ2v) is 0.